The fraction of sp³-hybridized carbons (Fsp3) is 0.219. The number of hydrogen-bond donors (Lipinski definition) is 4. The molecule has 2 aliphatic heterocycles. The van der Waals surface area contributed by atoms with Crippen molar-refractivity contribution in [3.8, 4) is 22.3 Å². The summed E-state index contributed by atoms with van der Waals surface area (Å²) in [7, 11) is 0. The van der Waals surface area contributed by atoms with Crippen molar-refractivity contribution < 1.29 is 4.79 Å². The molecule has 9 nitrogen and oxygen atoms in total. The van der Waals surface area contributed by atoms with Crippen LogP contribution in [0.15, 0.2) is 79.3 Å². The van der Waals surface area contributed by atoms with Crippen molar-refractivity contribution in [2.24, 2.45) is 5.41 Å². The second-order valence-electron chi connectivity index (χ2n) is 11.8. The Kier molecular flexibility index (Phi) is 5.81. The SMILES string of the molecule is CC(C)(C)CC(=O)Nc1cncc(-c2ccc3c(c2)C(c2nc4c(-c5ccncc5)cncc4[nH]2)=C2NC2CN3)c1. The number of imidazole rings is 1. The molecule has 1 unspecified atom stereocenters. The topological polar surface area (TPSA) is 130 Å². The van der Waals surface area contributed by atoms with Gasteiger partial charge < -0.3 is 20.9 Å². The van der Waals surface area contributed by atoms with Crippen LogP contribution in [0.1, 0.15) is 38.6 Å². The first-order chi connectivity index (χ1) is 19.8. The van der Waals surface area contributed by atoms with E-state index in [1.165, 1.54) is 0 Å². The first kappa shape index (κ1) is 25.0. The van der Waals surface area contributed by atoms with Crippen LogP contribution in [0.2, 0.25) is 0 Å². The molecular weight excluding hydrogens is 512 g/mol. The number of nitrogens with zero attached hydrogens (tertiary/aromatic N) is 4. The highest BCUT2D eigenvalue weighted by atomic mass is 16.1. The monoisotopic (exact) mass is 542 g/mol. The zero-order valence-corrected chi connectivity index (χ0v) is 23.1. The third-order valence-electron chi connectivity index (χ3n) is 7.32. The van der Waals surface area contributed by atoms with Gasteiger partial charge >= 0.3 is 0 Å². The van der Waals surface area contributed by atoms with Gasteiger partial charge in [-0.3, -0.25) is 19.7 Å². The van der Waals surface area contributed by atoms with Gasteiger partial charge in [0, 0.05) is 71.4 Å². The summed E-state index contributed by atoms with van der Waals surface area (Å²) in [4.78, 5) is 34.2. The first-order valence-electron chi connectivity index (χ1n) is 13.7. The number of aromatic nitrogens is 5. The third kappa shape index (κ3) is 4.91. The molecule has 204 valence electrons. The Balaban J connectivity index is 1.28. The molecule has 1 fully saturated rings. The van der Waals surface area contributed by atoms with Crippen molar-refractivity contribution in [3.63, 3.8) is 0 Å². The highest BCUT2D eigenvalue weighted by molar-refractivity contribution is 5.97. The molecule has 9 heteroatoms. The predicted octanol–water partition coefficient (Wildman–Crippen LogP) is 5.61. The molecular formula is C32H30N8O. The van der Waals surface area contributed by atoms with Crippen LogP contribution < -0.4 is 16.0 Å². The maximum Gasteiger partial charge on any atom is 0.224 e. The predicted molar refractivity (Wildman–Crippen MR) is 161 cm³/mol. The maximum absolute atomic E-state index is 12.6. The van der Waals surface area contributed by atoms with Gasteiger partial charge in [0.25, 0.3) is 0 Å². The van der Waals surface area contributed by atoms with Gasteiger partial charge in [-0.25, -0.2) is 4.98 Å². The summed E-state index contributed by atoms with van der Waals surface area (Å²) in [6.07, 6.45) is 11.2. The number of rotatable bonds is 5. The van der Waals surface area contributed by atoms with Crippen LogP contribution in [0, 0.1) is 5.41 Å². The van der Waals surface area contributed by atoms with Crippen LogP contribution in [0.5, 0.6) is 0 Å². The number of H-pyrrole nitrogens is 1. The molecule has 4 N–H and O–H groups in total. The molecule has 1 saturated heterocycles. The van der Waals surface area contributed by atoms with Crippen molar-refractivity contribution >= 4 is 33.9 Å². The van der Waals surface area contributed by atoms with E-state index in [0.717, 1.165) is 68.2 Å². The van der Waals surface area contributed by atoms with Crippen molar-refractivity contribution in [1.29, 1.82) is 0 Å². The molecule has 0 bridgehead atoms. The lowest BCUT2D eigenvalue weighted by atomic mass is 9.92. The number of amides is 1. The van der Waals surface area contributed by atoms with E-state index in [1.807, 2.05) is 36.8 Å². The van der Waals surface area contributed by atoms with Crippen LogP contribution in [0.3, 0.4) is 0 Å². The van der Waals surface area contributed by atoms with Crippen molar-refractivity contribution in [1.82, 2.24) is 30.2 Å². The molecule has 1 amide bonds. The fourth-order valence-corrected chi connectivity index (χ4v) is 5.39. The lowest BCUT2D eigenvalue weighted by Crippen LogP contribution is -2.19. The van der Waals surface area contributed by atoms with E-state index in [-0.39, 0.29) is 17.4 Å². The van der Waals surface area contributed by atoms with Gasteiger partial charge in [0.15, 0.2) is 0 Å². The summed E-state index contributed by atoms with van der Waals surface area (Å²) in [6.45, 7) is 6.95. The number of fused-ring (bicyclic) bond motifs is 3. The van der Waals surface area contributed by atoms with Crippen LogP contribution >= 0.6 is 0 Å². The minimum atomic E-state index is -0.0937. The van der Waals surface area contributed by atoms with Crippen molar-refractivity contribution in [2.75, 3.05) is 17.2 Å². The van der Waals surface area contributed by atoms with Crippen LogP contribution in [0.25, 0.3) is 38.9 Å². The molecule has 6 heterocycles. The fourth-order valence-electron chi connectivity index (χ4n) is 5.39. The minimum absolute atomic E-state index is 0.0223. The maximum atomic E-state index is 12.6. The van der Waals surface area contributed by atoms with Gasteiger partial charge in [-0.1, -0.05) is 26.8 Å². The molecule has 4 aromatic heterocycles. The van der Waals surface area contributed by atoms with E-state index in [2.05, 4.69) is 74.9 Å². The summed E-state index contributed by atoms with van der Waals surface area (Å²) in [6, 6.07) is 12.5. The van der Waals surface area contributed by atoms with Gasteiger partial charge in [0.2, 0.25) is 5.91 Å². The second kappa shape index (κ2) is 9.55. The molecule has 1 aromatic carbocycles. The third-order valence-corrected chi connectivity index (χ3v) is 7.32. The molecule has 2 aliphatic rings. The van der Waals surface area contributed by atoms with E-state index >= 15 is 0 Å². The van der Waals surface area contributed by atoms with E-state index in [0.29, 0.717) is 12.1 Å². The Bertz CT molecular complexity index is 1830. The quantitative estimate of drug-likeness (QED) is 0.212. The number of hydrogen-bond acceptors (Lipinski definition) is 7. The molecule has 1 atom stereocenters. The smallest absolute Gasteiger partial charge is 0.224 e. The average molecular weight is 543 g/mol. The number of aromatic amines is 1. The summed E-state index contributed by atoms with van der Waals surface area (Å²) in [5, 5.41) is 10.1. The summed E-state index contributed by atoms with van der Waals surface area (Å²) < 4.78 is 0. The molecule has 41 heavy (non-hydrogen) atoms. The van der Waals surface area contributed by atoms with Gasteiger partial charge in [-0.05, 0) is 46.9 Å². The Morgan fingerprint density at radius 3 is 2.59 bits per heavy atom. The van der Waals surface area contributed by atoms with Gasteiger partial charge in [-0.15, -0.1) is 0 Å². The lowest BCUT2D eigenvalue weighted by Gasteiger charge is -2.17. The van der Waals surface area contributed by atoms with E-state index in [1.54, 1.807) is 18.6 Å². The summed E-state index contributed by atoms with van der Waals surface area (Å²) in [5.74, 6) is 0.766. The Labute approximate surface area is 237 Å². The van der Waals surface area contributed by atoms with Gasteiger partial charge in [0.1, 0.15) is 5.82 Å². The molecule has 0 aliphatic carbocycles. The first-order valence-corrected chi connectivity index (χ1v) is 13.7. The number of carbonyl (C=O) groups excluding carboxylic acids is 1. The van der Waals surface area contributed by atoms with Crippen LogP contribution in [0.4, 0.5) is 11.4 Å². The average Bonchev–Trinajstić information content (AvgIpc) is 3.61. The lowest BCUT2D eigenvalue weighted by molar-refractivity contribution is -0.117. The number of pyridine rings is 3. The molecule has 0 spiro atoms. The van der Waals surface area contributed by atoms with Crippen molar-refractivity contribution in [2.45, 2.75) is 33.2 Å². The van der Waals surface area contributed by atoms with E-state index in [9.17, 15) is 4.79 Å². The molecule has 0 radical (unpaired) electrons. The zero-order valence-electron chi connectivity index (χ0n) is 23.1. The Hall–Kier alpha value is -5.05. The highest BCUT2D eigenvalue weighted by Crippen LogP contribution is 2.41. The minimum Gasteiger partial charge on any atom is -0.382 e. The molecule has 0 saturated carbocycles. The number of anilines is 2. The Morgan fingerprint density at radius 1 is 0.927 bits per heavy atom. The summed E-state index contributed by atoms with van der Waals surface area (Å²) >= 11 is 0. The second-order valence-corrected chi connectivity index (χ2v) is 11.8. The van der Waals surface area contributed by atoms with Crippen LogP contribution in [-0.4, -0.2) is 43.4 Å². The summed E-state index contributed by atoms with van der Waals surface area (Å²) in [5.41, 5.74) is 10.5. The molecule has 7 rings (SSSR count). The zero-order chi connectivity index (χ0) is 28.1. The van der Waals surface area contributed by atoms with Crippen molar-refractivity contribution in [3.05, 3.63) is 90.7 Å². The standard InChI is InChI=1S/C32H30N8O/c1-32(2,3)12-27(41)37-21-10-20(13-34-14-21)19-4-5-24-22(11-19)28(30-26(38-30)17-36-24)31-39-25-16-35-15-23(29(25)40-31)18-6-8-33-9-7-18/h4-11,13-16,26,36,38H,12,17H2,1-3H3,(H,37,41)(H,39,40). The number of nitrogens with one attached hydrogen (secondary N) is 4. The van der Waals surface area contributed by atoms with Crippen LogP contribution in [-0.2, 0) is 4.79 Å². The molecule has 5 aromatic rings. The largest absolute Gasteiger partial charge is 0.382 e. The van der Waals surface area contributed by atoms with Gasteiger partial charge in [0.05, 0.1) is 35.2 Å². The Morgan fingerprint density at radius 2 is 1.76 bits per heavy atom. The van der Waals surface area contributed by atoms with E-state index in [4.69, 9.17) is 4.98 Å². The van der Waals surface area contributed by atoms with Gasteiger partial charge in [-0.2, -0.15) is 0 Å². The number of carbonyl (C=O) groups is 1. The highest BCUT2D eigenvalue weighted by Gasteiger charge is 2.37. The normalized spacial score (nSPS) is 15.8. The van der Waals surface area contributed by atoms with E-state index < -0.39 is 0 Å². The number of benzene rings is 1.